The van der Waals surface area contributed by atoms with Crippen LogP contribution in [0, 0.1) is 5.92 Å². The van der Waals surface area contributed by atoms with Crippen LogP contribution < -0.4 is 5.32 Å². The van der Waals surface area contributed by atoms with Crippen molar-refractivity contribution in [1.29, 1.82) is 0 Å². The molecule has 9 heteroatoms. The Morgan fingerprint density at radius 3 is 2.89 bits per heavy atom. The molecule has 7 nitrogen and oxygen atoms in total. The zero-order valence-electron chi connectivity index (χ0n) is 16.5. The molecule has 0 aromatic carbocycles. The third-order valence-electron chi connectivity index (χ3n) is 5.12. The summed E-state index contributed by atoms with van der Waals surface area (Å²) in [5.74, 6) is 2.39. The van der Waals surface area contributed by atoms with E-state index in [1.165, 1.54) is 24.3 Å². The lowest BCUT2D eigenvalue weighted by atomic mass is 9.88. The fourth-order valence-electron chi connectivity index (χ4n) is 3.74. The Labute approximate surface area is 182 Å². The summed E-state index contributed by atoms with van der Waals surface area (Å²) in [6, 6.07) is 4.90. The van der Waals surface area contributed by atoms with Crippen LogP contribution in [0.1, 0.15) is 29.6 Å². The lowest BCUT2D eigenvalue weighted by molar-refractivity contribution is 0.124. The van der Waals surface area contributed by atoms with Crippen LogP contribution in [-0.4, -0.2) is 64.8 Å². The Morgan fingerprint density at radius 1 is 1.44 bits per heavy atom. The molecule has 1 fully saturated rings. The number of hydrogen-bond donors (Lipinski definition) is 1. The van der Waals surface area contributed by atoms with Gasteiger partial charge in [-0.05, 0) is 43.8 Å². The van der Waals surface area contributed by atoms with Crippen LogP contribution in [0.3, 0.4) is 0 Å². The lowest BCUT2D eigenvalue weighted by Crippen LogP contribution is -2.45. The topological polar surface area (TPSA) is 61.6 Å². The number of likely N-dealkylation sites (tertiary alicyclic amines) is 1. The van der Waals surface area contributed by atoms with E-state index in [1.807, 2.05) is 32.5 Å². The Morgan fingerprint density at radius 2 is 2.26 bits per heavy atom. The van der Waals surface area contributed by atoms with Gasteiger partial charge in [-0.2, -0.15) is 5.10 Å². The first kappa shape index (κ1) is 22.1. The Balaban J connectivity index is 0.00000261. The first-order valence-corrected chi connectivity index (χ1v) is 9.96. The minimum atomic E-state index is 0. The zero-order valence-corrected chi connectivity index (χ0v) is 19.6. The number of nitrogens with zero attached hydrogens (tertiary/aromatic N) is 6. The normalized spacial score (nSPS) is 21.0. The van der Waals surface area contributed by atoms with Crippen molar-refractivity contribution in [2.45, 2.75) is 25.4 Å². The first-order chi connectivity index (χ1) is 12.6. The van der Waals surface area contributed by atoms with Crippen molar-refractivity contribution in [2.75, 3.05) is 34.2 Å². The van der Waals surface area contributed by atoms with E-state index < -0.39 is 0 Å². The molecule has 1 aliphatic heterocycles. The van der Waals surface area contributed by atoms with Crippen LogP contribution in [0.15, 0.2) is 28.8 Å². The number of aliphatic imine (C=N–C) groups is 1. The maximum atomic E-state index is 4.45. The molecule has 1 aliphatic rings. The fraction of sp³-hybridized carbons (Fsp3) is 0.611. The largest absolute Gasteiger partial charge is 0.356 e. The van der Waals surface area contributed by atoms with Gasteiger partial charge in [0.15, 0.2) is 5.96 Å². The maximum absolute atomic E-state index is 4.45. The number of rotatable bonds is 5. The summed E-state index contributed by atoms with van der Waals surface area (Å²) in [7, 11) is 8.02. The predicted molar refractivity (Wildman–Crippen MR) is 122 cm³/mol. The highest BCUT2D eigenvalue weighted by molar-refractivity contribution is 14.0. The van der Waals surface area contributed by atoms with Crippen molar-refractivity contribution in [3.63, 3.8) is 0 Å². The van der Waals surface area contributed by atoms with E-state index in [0.29, 0.717) is 18.5 Å². The van der Waals surface area contributed by atoms with Gasteiger partial charge < -0.3 is 10.2 Å². The standard InChI is InChI=1S/C18H29N7S.HI/c1-19-18(24(3)12-16-21-13-22-25(16)4)20-11-14-7-5-9-23(2)17(14)15-8-6-10-26-15;/h6,8,10,13-14,17H,5,7,9,11-12H2,1-4H3,(H,19,20);1H. The van der Waals surface area contributed by atoms with Gasteiger partial charge in [-0.1, -0.05) is 6.07 Å². The molecular weight excluding hydrogens is 473 g/mol. The molecule has 1 saturated heterocycles. The van der Waals surface area contributed by atoms with Crippen LogP contribution in [0.4, 0.5) is 0 Å². The van der Waals surface area contributed by atoms with Crippen molar-refractivity contribution in [3.8, 4) is 0 Å². The molecule has 3 rings (SSSR count). The molecule has 2 unspecified atom stereocenters. The molecule has 0 aliphatic carbocycles. The Bertz CT molecular complexity index is 715. The van der Waals surface area contributed by atoms with Crippen LogP contribution in [0.2, 0.25) is 0 Å². The van der Waals surface area contributed by atoms with Gasteiger partial charge >= 0.3 is 0 Å². The van der Waals surface area contributed by atoms with E-state index in [1.54, 1.807) is 11.0 Å². The fourth-order valence-corrected chi connectivity index (χ4v) is 4.72. The van der Waals surface area contributed by atoms with Gasteiger partial charge in [0.25, 0.3) is 0 Å². The summed E-state index contributed by atoms with van der Waals surface area (Å²) in [6.07, 6.45) is 4.07. The Hall–Kier alpha value is -1.20. The summed E-state index contributed by atoms with van der Waals surface area (Å²) in [5, 5.41) is 9.89. The second-order valence-electron chi connectivity index (χ2n) is 6.93. The minimum Gasteiger partial charge on any atom is -0.356 e. The molecule has 0 amide bonds. The second kappa shape index (κ2) is 10.4. The molecule has 3 heterocycles. The van der Waals surface area contributed by atoms with E-state index in [4.69, 9.17) is 0 Å². The van der Waals surface area contributed by atoms with E-state index in [2.05, 4.69) is 54.8 Å². The van der Waals surface area contributed by atoms with Gasteiger partial charge in [0, 0.05) is 38.6 Å². The van der Waals surface area contributed by atoms with Crippen LogP contribution in [-0.2, 0) is 13.6 Å². The number of nitrogens with one attached hydrogen (secondary N) is 1. The predicted octanol–water partition coefficient (Wildman–Crippen LogP) is 2.58. The third kappa shape index (κ3) is 5.41. The first-order valence-electron chi connectivity index (χ1n) is 9.08. The van der Waals surface area contributed by atoms with Crippen LogP contribution >= 0.6 is 35.3 Å². The summed E-state index contributed by atoms with van der Waals surface area (Å²) < 4.78 is 1.80. The highest BCUT2D eigenvalue weighted by Gasteiger charge is 2.31. The quantitative estimate of drug-likeness (QED) is 0.386. The summed E-state index contributed by atoms with van der Waals surface area (Å²) in [4.78, 5) is 14.8. The number of aryl methyl sites for hydroxylation is 1. The van der Waals surface area contributed by atoms with Gasteiger partial charge in [0.1, 0.15) is 12.2 Å². The smallest absolute Gasteiger partial charge is 0.193 e. The molecule has 0 saturated carbocycles. The van der Waals surface area contributed by atoms with Crippen molar-refractivity contribution >= 4 is 41.3 Å². The second-order valence-corrected chi connectivity index (χ2v) is 7.91. The molecule has 150 valence electrons. The number of halogens is 1. The number of guanidine groups is 1. The van der Waals surface area contributed by atoms with Gasteiger partial charge in [-0.25, -0.2) is 4.98 Å². The third-order valence-corrected chi connectivity index (χ3v) is 6.06. The van der Waals surface area contributed by atoms with Gasteiger partial charge in [0.05, 0.1) is 6.54 Å². The number of piperidine rings is 1. The molecule has 0 radical (unpaired) electrons. The highest BCUT2D eigenvalue weighted by Crippen LogP contribution is 2.36. The van der Waals surface area contributed by atoms with Crippen molar-refractivity contribution in [2.24, 2.45) is 18.0 Å². The molecule has 2 atom stereocenters. The Kier molecular flexibility index (Phi) is 8.49. The van der Waals surface area contributed by atoms with Gasteiger partial charge in [-0.15, -0.1) is 35.3 Å². The van der Waals surface area contributed by atoms with Crippen molar-refractivity contribution < 1.29 is 0 Å². The minimum absolute atomic E-state index is 0. The van der Waals surface area contributed by atoms with Crippen LogP contribution in [0.5, 0.6) is 0 Å². The van der Waals surface area contributed by atoms with Crippen molar-refractivity contribution in [3.05, 3.63) is 34.5 Å². The van der Waals surface area contributed by atoms with E-state index in [9.17, 15) is 0 Å². The maximum Gasteiger partial charge on any atom is 0.193 e. The molecule has 1 N–H and O–H groups in total. The average Bonchev–Trinajstić information content (AvgIpc) is 3.28. The molecule has 0 bridgehead atoms. The van der Waals surface area contributed by atoms with E-state index in [0.717, 1.165) is 18.3 Å². The number of thiophene rings is 1. The molecule has 2 aromatic heterocycles. The SMILES string of the molecule is CN=C(NCC1CCCN(C)C1c1cccs1)N(C)Cc1ncnn1C.I. The molecule has 0 spiro atoms. The van der Waals surface area contributed by atoms with Crippen LogP contribution in [0.25, 0.3) is 0 Å². The monoisotopic (exact) mass is 503 g/mol. The highest BCUT2D eigenvalue weighted by atomic mass is 127. The van der Waals surface area contributed by atoms with E-state index in [-0.39, 0.29) is 24.0 Å². The van der Waals surface area contributed by atoms with E-state index >= 15 is 0 Å². The zero-order chi connectivity index (χ0) is 18.5. The molecular formula is C18H30IN7S. The summed E-state index contributed by atoms with van der Waals surface area (Å²) in [5.41, 5.74) is 0. The molecule has 2 aromatic rings. The number of hydrogen-bond acceptors (Lipinski definition) is 5. The summed E-state index contributed by atoms with van der Waals surface area (Å²) in [6.45, 7) is 2.76. The van der Waals surface area contributed by atoms with Gasteiger partial charge in [0.2, 0.25) is 0 Å². The average molecular weight is 503 g/mol. The lowest BCUT2D eigenvalue weighted by Gasteiger charge is -2.39. The number of aromatic nitrogens is 3. The van der Waals surface area contributed by atoms with Crippen molar-refractivity contribution in [1.82, 2.24) is 29.9 Å². The van der Waals surface area contributed by atoms with Gasteiger partial charge in [-0.3, -0.25) is 14.6 Å². The molecule has 27 heavy (non-hydrogen) atoms. The summed E-state index contributed by atoms with van der Waals surface area (Å²) >= 11 is 1.86.